The normalized spacial score (nSPS) is 17.2. The molecule has 0 atom stereocenters. The number of halogens is 2. The van der Waals surface area contributed by atoms with E-state index in [1.54, 1.807) is 12.1 Å². The lowest BCUT2D eigenvalue weighted by Gasteiger charge is -2.44. The topological polar surface area (TPSA) is 55.8 Å². The maximum atomic E-state index is 13.7. The van der Waals surface area contributed by atoms with Gasteiger partial charge in [0, 0.05) is 47.8 Å². The summed E-state index contributed by atoms with van der Waals surface area (Å²) in [6.45, 7) is 3.30. The van der Waals surface area contributed by atoms with Gasteiger partial charge in [-0.2, -0.15) is 0 Å². The summed E-state index contributed by atoms with van der Waals surface area (Å²) in [6, 6.07) is 20.5. The molecule has 43 heavy (non-hydrogen) atoms. The molecular weight excluding hydrogens is 609 g/mol. The van der Waals surface area contributed by atoms with Gasteiger partial charge in [-0.05, 0) is 95.9 Å². The molecule has 3 aliphatic rings. The second-order valence-corrected chi connectivity index (χ2v) is 12.1. The monoisotopic (exact) mass is 643 g/mol. The molecule has 0 N–H and O–H groups in total. The summed E-state index contributed by atoms with van der Waals surface area (Å²) < 4.78 is 26.3. The van der Waals surface area contributed by atoms with Crippen molar-refractivity contribution in [2.45, 2.75) is 64.4 Å². The van der Waals surface area contributed by atoms with Gasteiger partial charge in [0.25, 0.3) is 0 Å². The highest BCUT2D eigenvalue weighted by Gasteiger charge is 2.43. The fraction of sp³-hybridized carbons (Fsp3) is 0.333. The maximum absolute atomic E-state index is 13.7. The lowest BCUT2D eigenvalue weighted by molar-refractivity contribution is -0.117. The number of carbonyl (C=O) groups excluding carboxylic acids is 2. The molecule has 0 aromatic heterocycles. The summed E-state index contributed by atoms with van der Waals surface area (Å²) in [5.41, 5.74) is 6.54. The molecule has 0 radical (unpaired) electrons. The quantitative estimate of drug-likeness (QED) is 0.235. The van der Waals surface area contributed by atoms with Gasteiger partial charge >= 0.3 is 0 Å². The number of hydrogen-bond acceptors (Lipinski definition) is 5. The smallest absolute Gasteiger partial charge is 0.175 e. The van der Waals surface area contributed by atoms with Crippen LogP contribution in [0.25, 0.3) is 0 Å². The van der Waals surface area contributed by atoms with Gasteiger partial charge in [0.05, 0.1) is 11.1 Å². The number of benzene rings is 3. The lowest BCUT2D eigenvalue weighted by atomic mass is 9.71. The Bertz CT molecular complexity index is 1550. The molecule has 6 rings (SSSR count). The van der Waals surface area contributed by atoms with Crippen LogP contribution in [0.15, 0.2) is 93.7 Å². The van der Waals surface area contributed by atoms with Crippen LogP contribution >= 0.6 is 15.9 Å². The third kappa shape index (κ3) is 6.05. The van der Waals surface area contributed by atoms with Crippen molar-refractivity contribution in [1.29, 1.82) is 0 Å². The van der Waals surface area contributed by atoms with Crippen LogP contribution < -0.4 is 9.47 Å². The zero-order valence-corrected chi connectivity index (χ0v) is 25.9. The zero-order valence-electron chi connectivity index (χ0n) is 24.3. The van der Waals surface area contributed by atoms with Crippen LogP contribution in [0.4, 0.5) is 4.39 Å². The number of carbonyl (C=O) groups is 2. The van der Waals surface area contributed by atoms with Crippen molar-refractivity contribution < 1.29 is 23.5 Å². The minimum absolute atomic E-state index is 0.117. The molecular formula is C36H35BrFNO4. The van der Waals surface area contributed by atoms with Crippen molar-refractivity contribution in [2.24, 2.45) is 0 Å². The summed E-state index contributed by atoms with van der Waals surface area (Å²) in [5.74, 6) is 0.561. The summed E-state index contributed by atoms with van der Waals surface area (Å²) >= 11 is 3.71. The average Bonchev–Trinajstić information content (AvgIpc) is 3.01. The number of nitrogens with zero attached hydrogens (tertiary/aromatic N) is 1. The highest BCUT2D eigenvalue weighted by molar-refractivity contribution is 9.10. The standard InChI is InChI=1S/C36H35BrFNO4/c1-2-42-32-21-25(20-27(37)36(32)43-22-24-14-16-26(38)17-15-24)33-34-28(10-6-12-30(34)40)39(19-18-23-8-4-3-5-9-23)29-11-7-13-31(41)35(29)33/h3-5,8-9,14-17,20-21,33H,2,6-7,10-13,18-19,22H2,1H3. The molecule has 0 amide bonds. The first-order valence-corrected chi connectivity index (χ1v) is 15.9. The van der Waals surface area contributed by atoms with Crippen molar-refractivity contribution in [1.82, 2.24) is 4.90 Å². The van der Waals surface area contributed by atoms with E-state index in [9.17, 15) is 14.0 Å². The van der Waals surface area contributed by atoms with Crippen LogP contribution in [0.2, 0.25) is 0 Å². The summed E-state index contributed by atoms with van der Waals surface area (Å²) in [6.07, 6.45) is 5.06. The van der Waals surface area contributed by atoms with Gasteiger partial charge in [0.2, 0.25) is 0 Å². The molecule has 2 aliphatic carbocycles. The van der Waals surface area contributed by atoms with Gasteiger partial charge in [-0.15, -0.1) is 0 Å². The lowest BCUT2D eigenvalue weighted by Crippen LogP contribution is -2.40. The first-order valence-electron chi connectivity index (χ1n) is 15.1. The summed E-state index contributed by atoms with van der Waals surface area (Å²) in [4.78, 5) is 29.8. The Morgan fingerprint density at radius 1 is 0.837 bits per heavy atom. The van der Waals surface area contributed by atoms with E-state index in [2.05, 4.69) is 33.0 Å². The van der Waals surface area contributed by atoms with Crippen LogP contribution in [0.3, 0.4) is 0 Å². The molecule has 0 saturated carbocycles. The Morgan fingerprint density at radius 3 is 2.12 bits per heavy atom. The van der Waals surface area contributed by atoms with E-state index in [0.29, 0.717) is 35.4 Å². The Morgan fingerprint density at radius 2 is 1.49 bits per heavy atom. The van der Waals surface area contributed by atoms with Gasteiger partial charge in [0.15, 0.2) is 23.1 Å². The van der Waals surface area contributed by atoms with Crippen LogP contribution in [0, 0.1) is 5.82 Å². The Hall–Kier alpha value is -3.71. The Balaban J connectivity index is 1.41. The molecule has 7 heteroatoms. The molecule has 0 bridgehead atoms. The first kappa shape index (κ1) is 29.4. The summed E-state index contributed by atoms with van der Waals surface area (Å²) in [5, 5.41) is 0. The van der Waals surface area contributed by atoms with E-state index < -0.39 is 5.92 Å². The Labute approximate surface area is 260 Å². The third-order valence-corrected chi connectivity index (χ3v) is 9.10. The molecule has 0 fully saturated rings. The fourth-order valence-electron chi connectivity index (χ4n) is 6.60. The molecule has 1 heterocycles. The van der Waals surface area contributed by atoms with Crippen molar-refractivity contribution in [3.05, 3.63) is 116 Å². The van der Waals surface area contributed by atoms with E-state index in [1.165, 1.54) is 17.7 Å². The summed E-state index contributed by atoms with van der Waals surface area (Å²) in [7, 11) is 0. The largest absolute Gasteiger partial charge is 0.490 e. The molecule has 0 unspecified atom stereocenters. The van der Waals surface area contributed by atoms with E-state index in [1.807, 2.05) is 37.3 Å². The van der Waals surface area contributed by atoms with Crippen molar-refractivity contribution >= 4 is 27.5 Å². The third-order valence-electron chi connectivity index (χ3n) is 8.51. The van der Waals surface area contributed by atoms with Gasteiger partial charge in [-0.3, -0.25) is 9.59 Å². The molecule has 3 aromatic carbocycles. The van der Waals surface area contributed by atoms with Gasteiger partial charge in [-0.25, -0.2) is 4.39 Å². The Kier molecular flexibility index (Phi) is 8.80. The number of hydrogen-bond donors (Lipinski definition) is 0. The number of ether oxygens (including phenoxy) is 2. The van der Waals surface area contributed by atoms with Crippen molar-refractivity contribution in [3.8, 4) is 11.5 Å². The SMILES string of the molecule is CCOc1cc(C2C3=C(CCCC3=O)N(CCc3ccccc3)C3=C2C(=O)CCC3)cc(Br)c1OCc1ccc(F)cc1. The molecule has 1 aliphatic heterocycles. The van der Waals surface area contributed by atoms with Gasteiger partial charge < -0.3 is 14.4 Å². The first-order chi connectivity index (χ1) is 20.9. The number of Topliss-reactive ketones (excluding diaryl/α,β-unsaturated/α-hetero) is 2. The second kappa shape index (κ2) is 12.9. The van der Waals surface area contributed by atoms with E-state index in [4.69, 9.17) is 9.47 Å². The van der Waals surface area contributed by atoms with Gasteiger partial charge in [0.1, 0.15) is 12.4 Å². The van der Waals surface area contributed by atoms with E-state index >= 15 is 0 Å². The predicted molar refractivity (Wildman–Crippen MR) is 167 cm³/mol. The van der Waals surface area contributed by atoms with Crippen molar-refractivity contribution in [2.75, 3.05) is 13.2 Å². The minimum atomic E-state index is -0.444. The predicted octanol–water partition coefficient (Wildman–Crippen LogP) is 8.22. The molecule has 5 nitrogen and oxygen atoms in total. The molecule has 0 spiro atoms. The average molecular weight is 645 g/mol. The van der Waals surface area contributed by atoms with Crippen LogP contribution in [0.5, 0.6) is 11.5 Å². The minimum Gasteiger partial charge on any atom is -0.490 e. The zero-order chi connectivity index (χ0) is 29.9. The van der Waals surface area contributed by atoms with Crippen LogP contribution in [0.1, 0.15) is 68.1 Å². The second-order valence-electron chi connectivity index (χ2n) is 11.3. The molecule has 222 valence electrons. The van der Waals surface area contributed by atoms with Gasteiger partial charge in [-0.1, -0.05) is 42.5 Å². The number of allylic oxidation sites excluding steroid dienone is 4. The van der Waals surface area contributed by atoms with Crippen LogP contribution in [-0.4, -0.2) is 29.6 Å². The van der Waals surface area contributed by atoms with E-state index in [-0.39, 0.29) is 24.0 Å². The highest BCUT2D eigenvalue weighted by Crippen LogP contribution is 2.51. The molecule has 0 saturated heterocycles. The fourth-order valence-corrected chi connectivity index (χ4v) is 7.17. The van der Waals surface area contributed by atoms with E-state index in [0.717, 1.165) is 72.3 Å². The highest BCUT2D eigenvalue weighted by atomic mass is 79.9. The maximum Gasteiger partial charge on any atom is 0.175 e. The number of ketones is 2. The number of rotatable bonds is 9. The molecule has 3 aromatic rings. The van der Waals surface area contributed by atoms with Crippen molar-refractivity contribution in [3.63, 3.8) is 0 Å². The van der Waals surface area contributed by atoms with Crippen LogP contribution in [-0.2, 0) is 22.6 Å².